The third-order valence-corrected chi connectivity index (χ3v) is 7.00. The van der Waals surface area contributed by atoms with E-state index in [1.54, 1.807) is 6.07 Å². The summed E-state index contributed by atoms with van der Waals surface area (Å²) in [5.74, 6) is -1.07. The second-order valence-electron chi connectivity index (χ2n) is 6.78. The standard InChI is InChI=1S/C23H22ClNO5S/c1-3-21(16-7-5-4-6-8-16)25(31(28,29)19-12-9-17(24)10-13-19)18-11-14-22(30-2)20(15-18)23(26)27/h4-15,21H,3H2,1-2H3,(H,26,27). The van der Waals surface area contributed by atoms with Gasteiger partial charge >= 0.3 is 5.97 Å². The summed E-state index contributed by atoms with van der Waals surface area (Å²) >= 11 is 5.95. The fourth-order valence-corrected chi connectivity index (χ4v) is 5.25. The van der Waals surface area contributed by atoms with Gasteiger partial charge < -0.3 is 9.84 Å². The number of benzene rings is 3. The Morgan fingerprint density at radius 2 is 1.71 bits per heavy atom. The van der Waals surface area contributed by atoms with Crippen LogP contribution in [0.1, 0.15) is 35.3 Å². The fourth-order valence-electron chi connectivity index (χ4n) is 3.42. The first kappa shape index (κ1) is 22.7. The average molecular weight is 460 g/mol. The third-order valence-electron chi connectivity index (χ3n) is 4.89. The highest BCUT2D eigenvalue weighted by Gasteiger charge is 2.33. The number of hydrogen-bond acceptors (Lipinski definition) is 4. The van der Waals surface area contributed by atoms with E-state index in [0.29, 0.717) is 11.4 Å². The van der Waals surface area contributed by atoms with Gasteiger partial charge in [-0.2, -0.15) is 0 Å². The van der Waals surface area contributed by atoms with Crippen molar-refractivity contribution in [2.24, 2.45) is 0 Å². The minimum Gasteiger partial charge on any atom is -0.496 e. The van der Waals surface area contributed by atoms with E-state index in [2.05, 4.69) is 0 Å². The van der Waals surface area contributed by atoms with Crippen LogP contribution in [0.5, 0.6) is 5.75 Å². The molecule has 0 aliphatic heterocycles. The molecule has 6 nitrogen and oxygen atoms in total. The number of rotatable bonds is 8. The Balaban J connectivity index is 2.25. The average Bonchev–Trinajstić information content (AvgIpc) is 2.77. The summed E-state index contributed by atoms with van der Waals surface area (Å²) in [6.45, 7) is 1.88. The molecule has 31 heavy (non-hydrogen) atoms. The predicted molar refractivity (Wildman–Crippen MR) is 121 cm³/mol. The molecule has 3 rings (SSSR count). The van der Waals surface area contributed by atoms with Crippen molar-refractivity contribution < 1.29 is 23.1 Å². The number of ether oxygens (including phenoxy) is 1. The van der Waals surface area contributed by atoms with E-state index in [9.17, 15) is 18.3 Å². The van der Waals surface area contributed by atoms with E-state index in [4.69, 9.17) is 16.3 Å². The molecule has 0 aliphatic rings. The molecule has 162 valence electrons. The van der Waals surface area contributed by atoms with E-state index in [0.717, 1.165) is 5.56 Å². The monoisotopic (exact) mass is 459 g/mol. The van der Waals surface area contributed by atoms with Crippen LogP contribution in [-0.4, -0.2) is 26.6 Å². The minimum absolute atomic E-state index is 0.0546. The van der Waals surface area contributed by atoms with Gasteiger partial charge in [0.15, 0.2) is 0 Å². The second kappa shape index (κ2) is 9.41. The third kappa shape index (κ3) is 4.68. The first-order chi connectivity index (χ1) is 14.8. The molecule has 3 aromatic carbocycles. The molecule has 0 saturated carbocycles. The summed E-state index contributed by atoms with van der Waals surface area (Å²) in [4.78, 5) is 11.8. The van der Waals surface area contributed by atoms with Gasteiger partial charge in [-0.15, -0.1) is 0 Å². The Bertz CT molecular complexity index is 1160. The van der Waals surface area contributed by atoms with Gasteiger partial charge in [-0.1, -0.05) is 48.9 Å². The highest BCUT2D eigenvalue weighted by atomic mass is 35.5. The van der Waals surface area contributed by atoms with Gasteiger partial charge in [-0.05, 0) is 54.4 Å². The maximum Gasteiger partial charge on any atom is 0.339 e. The maximum atomic E-state index is 13.8. The lowest BCUT2D eigenvalue weighted by Crippen LogP contribution is -2.35. The van der Waals surface area contributed by atoms with Crippen LogP contribution in [0.4, 0.5) is 5.69 Å². The maximum absolute atomic E-state index is 13.8. The van der Waals surface area contributed by atoms with Crippen LogP contribution in [0.2, 0.25) is 5.02 Å². The van der Waals surface area contributed by atoms with Crippen LogP contribution in [0.3, 0.4) is 0 Å². The van der Waals surface area contributed by atoms with Gasteiger partial charge in [0.05, 0.1) is 23.7 Å². The Hall–Kier alpha value is -3.03. The molecule has 0 spiro atoms. The zero-order valence-corrected chi connectivity index (χ0v) is 18.6. The summed E-state index contributed by atoms with van der Waals surface area (Å²) < 4.78 is 33.9. The number of hydrogen-bond donors (Lipinski definition) is 1. The molecule has 0 amide bonds. The van der Waals surface area contributed by atoms with Crippen LogP contribution in [0.15, 0.2) is 77.7 Å². The van der Waals surface area contributed by atoms with E-state index in [1.165, 1.54) is 47.8 Å². The van der Waals surface area contributed by atoms with Gasteiger partial charge in [0, 0.05) is 5.02 Å². The molecule has 0 fully saturated rings. The lowest BCUT2D eigenvalue weighted by molar-refractivity contribution is 0.0693. The minimum atomic E-state index is -4.05. The van der Waals surface area contributed by atoms with Crippen molar-refractivity contribution in [3.8, 4) is 5.75 Å². The molecule has 0 saturated heterocycles. The number of nitrogens with zero attached hydrogens (tertiary/aromatic N) is 1. The highest BCUT2D eigenvalue weighted by molar-refractivity contribution is 7.92. The zero-order valence-electron chi connectivity index (χ0n) is 17.0. The van der Waals surface area contributed by atoms with Crippen molar-refractivity contribution in [2.45, 2.75) is 24.3 Å². The molecule has 0 aromatic heterocycles. The number of methoxy groups -OCH3 is 1. The molecule has 0 aliphatic carbocycles. The quantitative estimate of drug-likeness (QED) is 0.488. The van der Waals surface area contributed by atoms with Crippen LogP contribution in [0, 0.1) is 0 Å². The van der Waals surface area contributed by atoms with Gasteiger partial charge in [-0.25, -0.2) is 13.2 Å². The summed E-state index contributed by atoms with van der Waals surface area (Å²) in [5.41, 5.74) is 0.887. The van der Waals surface area contributed by atoms with E-state index >= 15 is 0 Å². The number of carboxylic acid groups (broad SMARTS) is 1. The largest absolute Gasteiger partial charge is 0.496 e. The zero-order chi connectivity index (χ0) is 22.6. The van der Waals surface area contributed by atoms with E-state index in [1.807, 2.05) is 37.3 Å². The normalized spacial score (nSPS) is 12.2. The summed E-state index contributed by atoms with van der Waals surface area (Å²) in [5, 5.41) is 10.0. The number of carboxylic acids is 1. The van der Waals surface area contributed by atoms with Crippen molar-refractivity contribution in [3.63, 3.8) is 0 Å². The van der Waals surface area contributed by atoms with Crippen LogP contribution >= 0.6 is 11.6 Å². The predicted octanol–water partition coefficient (Wildman–Crippen LogP) is 5.39. The summed E-state index contributed by atoms with van der Waals surface area (Å²) in [6.07, 6.45) is 0.464. The molecule has 3 aromatic rings. The Morgan fingerprint density at radius 3 is 2.26 bits per heavy atom. The Morgan fingerprint density at radius 1 is 1.06 bits per heavy atom. The number of anilines is 1. The number of aromatic carboxylic acids is 1. The van der Waals surface area contributed by atoms with Gasteiger partial charge in [-0.3, -0.25) is 4.31 Å². The molecule has 1 atom stereocenters. The molecule has 0 heterocycles. The molecule has 0 bridgehead atoms. The van der Waals surface area contributed by atoms with Gasteiger partial charge in [0.2, 0.25) is 0 Å². The molecular weight excluding hydrogens is 438 g/mol. The summed E-state index contributed by atoms with van der Waals surface area (Å²) in [6, 6.07) is 18.9. The highest BCUT2D eigenvalue weighted by Crippen LogP contribution is 2.37. The number of sulfonamides is 1. The molecule has 1 N–H and O–H groups in total. The second-order valence-corrected chi connectivity index (χ2v) is 9.03. The molecule has 0 radical (unpaired) electrons. The van der Waals surface area contributed by atoms with E-state index < -0.39 is 22.0 Å². The Kier molecular flexibility index (Phi) is 6.87. The van der Waals surface area contributed by atoms with Crippen LogP contribution in [-0.2, 0) is 10.0 Å². The van der Waals surface area contributed by atoms with Crippen molar-refractivity contribution in [1.29, 1.82) is 0 Å². The SMILES string of the molecule is CCC(c1ccccc1)N(c1ccc(OC)c(C(=O)O)c1)S(=O)(=O)c1ccc(Cl)cc1. The number of halogens is 1. The van der Waals surface area contributed by atoms with Crippen molar-refractivity contribution >= 4 is 33.3 Å². The van der Waals surface area contributed by atoms with Crippen LogP contribution in [0.25, 0.3) is 0 Å². The number of carbonyl (C=O) groups is 1. The van der Waals surface area contributed by atoms with Crippen molar-refractivity contribution in [1.82, 2.24) is 0 Å². The van der Waals surface area contributed by atoms with E-state index in [-0.39, 0.29) is 21.9 Å². The molecular formula is C23H22ClNO5S. The van der Waals surface area contributed by atoms with Crippen molar-refractivity contribution in [3.05, 3.63) is 88.9 Å². The topological polar surface area (TPSA) is 83.9 Å². The molecule has 1 unspecified atom stereocenters. The Labute approximate surface area is 186 Å². The smallest absolute Gasteiger partial charge is 0.339 e. The van der Waals surface area contributed by atoms with Crippen molar-refractivity contribution in [2.75, 3.05) is 11.4 Å². The lowest BCUT2D eigenvalue weighted by Gasteiger charge is -2.33. The first-order valence-electron chi connectivity index (χ1n) is 9.56. The summed E-state index contributed by atoms with van der Waals surface area (Å²) in [7, 11) is -2.69. The fraction of sp³-hybridized carbons (Fsp3) is 0.174. The first-order valence-corrected chi connectivity index (χ1v) is 11.4. The van der Waals surface area contributed by atoms with Crippen LogP contribution < -0.4 is 9.04 Å². The molecule has 8 heteroatoms. The van der Waals surface area contributed by atoms with Gasteiger partial charge in [0.1, 0.15) is 11.3 Å². The van der Waals surface area contributed by atoms with Gasteiger partial charge in [0.25, 0.3) is 10.0 Å². The lowest BCUT2D eigenvalue weighted by atomic mass is 10.0.